The number of carbonyl (C=O) groups excluding carboxylic acids is 1. The van der Waals surface area contributed by atoms with E-state index in [1.54, 1.807) is 31.4 Å². The monoisotopic (exact) mass is 686 g/mol. The lowest BCUT2D eigenvalue weighted by atomic mass is 10.0. The number of nitrogens with zero attached hydrogens (tertiary/aromatic N) is 5. The van der Waals surface area contributed by atoms with E-state index in [9.17, 15) is 13.2 Å². The Bertz CT molecular complexity index is 1630. The lowest BCUT2D eigenvalue weighted by Gasteiger charge is -2.43. The summed E-state index contributed by atoms with van der Waals surface area (Å²) in [6.45, 7) is 7.74. The molecule has 0 atom stereocenters. The highest BCUT2D eigenvalue weighted by Crippen LogP contribution is 2.34. The van der Waals surface area contributed by atoms with Gasteiger partial charge in [-0.3, -0.25) is 9.62 Å². The van der Waals surface area contributed by atoms with Crippen molar-refractivity contribution in [3.63, 3.8) is 0 Å². The third-order valence-electron chi connectivity index (χ3n) is 8.29. The van der Waals surface area contributed by atoms with Gasteiger partial charge in [0.25, 0.3) is 0 Å². The Morgan fingerprint density at radius 3 is 2.40 bits per heavy atom. The third-order valence-corrected chi connectivity index (χ3v) is 9.16. The number of likely N-dealkylation sites (tertiary alicyclic amines) is 1. The summed E-state index contributed by atoms with van der Waals surface area (Å²) < 4.78 is 37.3. The van der Waals surface area contributed by atoms with Crippen molar-refractivity contribution >= 4 is 62.2 Å². The molecular weight excluding hydrogens is 644 g/mol. The summed E-state index contributed by atoms with van der Waals surface area (Å²) in [4.78, 5) is 27.9. The Morgan fingerprint density at radius 2 is 1.72 bits per heavy atom. The fourth-order valence-corrected chi connectivity index (χ4v) is 6.49. The number of sulfonamides is 1. The number of aromatic nitrogens is 2. The minimum Gasteiger partial charge on any atom is -0.494 e. The number of para-hydroxylation sites is 2. The Morgan fingerprint density at radius 1 is 1.00 bits per heavy atom. The summed E-state index contributed by atoms with van der Waals surface area (Å²) in [6.07, 6.45) is 6.21. The molecule has 0 spiro atoms. The maximum atomic E-state index is 12.3. The number of halogens is 1. The van der Waals surface area contributed by atoms with E-state index in [4.69, 9.17) is 21.1 Å². The zero-order valence-corrected chi connectivity index (χ0v) is 28.6. The number of benzene rings is 2. The summed E-state index contributed by atoms with van der Waals surface area (Å²) in [5.41, 5.74) is 2.59. The van der Waals surface area contributed by atoms with Gasteiger partial charge < -0.3 is 29.9 Å². The van der Waals surface area contributed by atoms with E-state index in [1.165, 1.54) is 6.20 Å². The summed E-state index contributed by atoms with van der Waals surface area (Å²) in [5, 5.41) is 6.58. The van der Waals surface area contributed by atoms with Gasteiger partial charge in [-0.1, -0.05) is 37.1 Å². The number of nitrogens with one attached hydrogen (secondary N) is 3. The number of piperidine rings is 1. The molecule has 5 rings (SSSR count). The highest BCUT2D eigenvalue weighted by Gasteiger charge is 2.30. The molecule has 1 aromatic heterocycles. The molecule has 0 aliphatic carbocycles. The van der Waals surface area contributed by atoms with Crippen molar-refractivity contribution < 1.29 is 22.7 Å². The van der Waals surface area contributed by atoms with Crippen molar-refractivity contribution in [1.82, 2.24) is 19.8 Å². The van der Waals surface area contributed by atoms with Crippen molar-refractivity contribution in [2.24, 2.45) is 0 Å². The average Bonchev–Trinajstić information content (AvgIpc) is 3.07. The largest absolute Gasteiger partial charge is 0.494 e. The SMILES string of the molecule is CCCCOC(=O)N1CCC(N2CCN(c3ccc(Nc4ncc(Cl)c(Nc5ccccc5NS(C)(=O)=O)n4)c(OC)c3)CC2)CC1. The van der Waals surface area contributed by atoms with Gasteiger partial charge in [0.05, 0.1) is 43.2 Å². The van der Waals surface area contributed by atoms with E-state index < -0.39 is 10.0 Å². The number of hydrogen-bond donors (Lipinski definition) is 3. The van der Waals surface area contributed by atoms with Crippen LogP contribution in [0.4, 0.5) is 39.3 Å². The van der Waals surface area contributed by atoms with Crippen molar-refractivity contribution in [3.05, 3.63) is 53.7 Å². The van der Waals surface area contributed by atoms with E-state index >= 15 is 0 Å². The van der Waals surface area contributed by atoms with Crippen molar-refractivity contribution in [3.8, 4) is 5.75 Å². The van der Waals surface area contributed by atoms with Gasteiger partial charge in [0, 0.05) is 57.1 Å². The first-order valence-corrected chi connectivity index (χ1v) is 18.1. The van der Waals surface area contributed by atoms with Gasteiger partial charge in [0.2, 0.25) is 16.0 Å². The van der Waals surface area contributed by atoms with Crippen LogP contribution in [0.15, 0.2) is 48.7 Å². The summed E-state index contributed by atoms with van der Waals surface area (Å²) in [7, 11) is -1.87. The molecule has 2 saturated heterocycles. The van der Waals surface area contributed by atoms with E-state index in [2.05, 4.69) is 42.0 Å². The number of ether oxygens (including phenoxy) is 2. The standard InChI is InChI=1S/C32H43ClN8O5S/c1-4-5-20-46-32(42)41-14-12-23(13-15-41)39-16-18-40(19-17-39)24-10-11-28(29(21-24)45-2)36-31-34-22-25(33)30(37-31)35-26-8-6-7-9-27(26)38-47(3,43)44/h6-11,21-23,38H,4-5,12-20H2,1-3H3,(H2,34,35,36,37). The lowest BCUT2D eigenvalue weighted by molar-refractivity contribution is 0.0696. The van der Waals surface area contributed by atoms with E-state index in [-0.39, 0.29) is 17.1 Å². The number of anilines is 6. The van der Waals surface area contributed by atoms with Crippen LogP contribution in [-0.4, -0.2) is 99.6 Å². The van der Waals surface area contributed by atoms with Crippen LogP contribution in [0.5, 0.6) is 5.75 Å². The smallest absolute Gasteiger partial charge is 0.409 e. The van der Waals surface area contributed by atoms with Crippen LogP contribution in [-0.2, 0) is 14.8 Å². The zero-order valence-electron chi connectivity index (χ0n) is 27.0. The molecule has 0 unspecified atom stereocenters. The molecule has 3 heterocycles. The van der Waals surface area contributed by atoms with Crippen molar-refractivity contribution in [1.29, 1.82) is 0 Å². The molecule has 2 aromatic carbocycles. The van der Waals surface area contributed by atoms with Crippen LogP contribution >= 0.6 is 11.6 Å². The Labute approximate surface area is 281 Å². The molecule has 2 aliphatic heterocycles. The number of rotatable bonds is 12. The number of unbranched alkanes of at least 4 members (excludes halogenated alkanes) is 1. The number of hydrogen-bond acceptors (Lipinski definition) is 11. The van der Waals surface area contributed by atoms with Gasteiger partial charge in [0.15, 0.2) is 5.82 Å². The lowest BCUT2D eigenvalue weighted by Crippen LogP contribution is -2.53. The topological polar surface area (TPSA) is 141 Å². The van der Waals surface area contributed by atoms with Crippen LogP contribution in [0.25, 0.3) is 0 Å². The molecule has 13 nitrogen and oxygen atoms in total. The van der Waals surface area contributed by atoms with Crippen LogP contribution in [0.1, 0.15) is 32.6 Å². The Balaban J connectivity index is 1.18. The molecule has 0 saturated carbocycles. The van der Waals surface area contributed by atoms with Gasteiger partial charge in [-0.2, -0.15) is 4.98 Å². The quantitative estimate of drug-likeness (QED) is 0.207. The van der Waals surface area contributed by atoms with Gasteiger partial charge in [-0.05, 0) is 43.5 Å². The molecule has 1 amide bonds. The van der Waals surface area contributed by atoms with Gasteiger partial charge >= 0.3 is 6.09 Å². The second-order valence-electron chi connectivity index (χ2n) is 11.7. The number of amides is 1. The molecule has 0 radical (unpaired) electrons. The first kappa shape index (κ1) is 34.3. The third kappa shape index (κ3) is 9.30. The highest BCUT2D eigenvalue weighted by molar-refractivity contribution is 7.92. The molecular formula is C32H43ClN8O5S. The van der Waals surface area contributed by atoms with Crippen molar-refractivity contribution in [2.75, 3.05) is 79.5 Å². The number of methoxy groups -OCH3 is 1. The highest BCUT2D eigenvalue weighted by atomic mass is 35.5. The van der Waals surface area contributed by atoms with Crippen molar-refractivity contribution in [2.45, 2.75) is 38.6 Å². The Kier molecular flexibility index (Phi) is 11.5. The first-order valence-electron chi connectivity index (χ1n) is 15.9. The van der Waals surface area contributed by atoms with Crippen LogP contribution in [0, 0.1) is 0 Å². The Hall–Kier alpha value is -4.01. The zero-order chi connectivity index (χ0) is 33.4. The van der Waals surface area contributed by atoms with E-state index in [1.807, 2.05) is 23.1 Å². The number of piperazine rings is 1. The van der Waals surface area contributed by atoms with Gasteiger partial charge in [0.1, 0.15) is 10.8 Å². The normalized spacial score (nSPS) is 16.1. The fourth-order valence-electron chi connectivity index (χ4n) is 5.78. The molecule has 47 heavy (non-hydrogen) atoms. The summed E-state index contributed by atoms with van der Waals surface area (Å²) in [6, 6.07) is 13.3. The van der Waals surface area contributed by atoms with Gasteiger partial charge in [-0.15, -0.1) is 0 Å². The van der Waals surface area contributed by atoms with E-state index in [0.29, 0.717) is 41.3 Å². The fraction of sp³-hybridized carbons (Fsp3) is 0.469. The molecule has 15 heteroatoms. The second kappa shape index (κ2) is 15.7. The minimum absolute atomic E-state index is 0.182. The molecule has 2 aliphatic rings. The average molecular weight is 687 g/mol. The molecule has 3 aromatic rings. The molecule has 3 N–H and O–H groups in total. The molecule has 0 bridgehead atoms. The first-order chi connectivity index (χ1) is 22.6. The maximum Gasteiger partial charge on any atom is 0.409 e. The minimum atomic E-state index is -3.49. The molecule has 254 valence electrons. The number of carbonyl (C=O) groups is 1. The van der Waals surface area contributed by atoms with E-state index in [0.717, 1.165) is 76.9 Å². The second-order valence-corrected chi connectivity index (χ2v) is 13.8. The van der Waals surface area contributed by atoms with Crippen LogP contribution in [0.2, 0.25) is 5.02 Å². The summed E-state index contributed by atoms with van der Waals surface area (Å²) in [5.74, 6) is 1.22. The molecule has 2 fully saturated rings. The predicted molar refractivity (Wildman–Crippen MR) is 186 cm³/mol. The summed E-state index contributed by atoms with van der Waals surface area (Å²) >= 11 is 6.39. The van der Waals surface area contributed by atoms with Crippen LogP contribution in [0.3, 0.4) is 0 Å². The van der Waals surface area contributed by atoms with Crippen LogP contribution < -0.4 is 25.0 Å². The van der Waals surface area contributed by atoms with Gasteiger partial charge in [-0.25, -0.2) is 18.2 Å². The maximum absolute atomic E-state index is 12.3. The predicted octanol–water partition coefficient (Wildman–Crippen LogP) is 5.52.